The first-order valence-corrected chi connectivity index (χ1v) is 11.6. The van der Waals surface area contributed by atoms with Crippen LogP contribution in [0.2, 0.25) is 5.02 Å². The van der Waals surface area contributed by atoms with Gasteiger partial charge in [0.05, 0.1) is 0 Å². The van der Waals surface area contributed by atoms with E-state index in [9.17, 15) is 0 Å². The molecule has 0 atom stereocenters. The van der Waals surface area contributed by atoms with Crippen LogP contribution in [0.1, 0.15) is 94.2 Å². The molecule has 0 aromatic heterocycles. The Labute approximate surface area is 171 Å². The number of aryl methyl sites for hydroxylation is 1. The first kappa shape index (κ1) is 20.5. The standard InChI is InChI=1S/C26H35Cl/c1-2-3-4-5-6-7-8-9-10-11-12-15-21-18-19-24-23-17-14-13-16-22(23)20-25(24)26(21)27/h13-14,16-19H,2-12,15,20H2,1H3. The van der Waals surface area contributed by atoms with Gasteiger partial charge in [-0.3, -0.25) is 0 Å². The van der Waals surface area contributed by atoms with Crippen molar-refractivity contribution in [2.75, 3.05) is 0 Å². The van der Waals surface area contributed by atoms with E-state index in [0.717, 1.165) is 17.9 Å². The second kappa shape index (κ2) is 10.9. The topological polar surface area (TPSA) is 0 Å². The molecule has 1 aliphatic carbocycles. The molecule has 2 aromatic rings. The van der Waals surface area contributed by atoms with Crippen LogP contribution in [-0.4, -0.2) is 0 Å². The molecule has 0 saturated carbocycles. The van der Waals surface area contributed by atoms with Crippen LogP contribution in [0.5, 0.6) is 0 Å². The minimum Gasteiger partial charge on any atom is -0.0837 e. The van der Waals surface area contributed by atoms with Crippen molar-refractivity contribution >= 4 is 11.6 Å². The van der Waals surface area contributed by atoms with E-state index in [4.69, 9.17) is 11.6 Å². The summed E-state index contributed by atoms with van der Waals surface area (Å²) in [5, 5.41) is 1.02. The van der Waals surface area contributed by atoms with Gasteiger partial charge in [-0.1, -0.05) is 119 Å². The molecule has 27 heavy (non-hydrogen) atoms. The zero-order valence-electron chi connectivity index (χ0n) is 17.0. The number of hydrogen-bond acceptors (Lipinski definition) is 0. The summed E-state index contributed by atoms with van der Waals surface area (Å²) in [6, 6.07) is 13.3. The first-order valence-electron chi connectivity index (χ1n) is 11.2. The molecule has 0 spiro atoms. The average molecular weight is 383 g/mol. The van der Waals surface area contributed by atoms with Crippen molar-refractivity contribution in [1.82, 2.24) is 0 Å². The SMILES string of the molecule is CCCCCCCCCCCCCc1ccc2c(c1Cl)Cc1ccccc1-2. The molecule has 0 radical (unpaired) electrons. The Morgan fingerprint density at radius 1 is 0.704 bits per heavy atom. The number of benzene rings is 2. The maximum Gasteiger partial charge on any atom is 0.0479 e. The van der Waals surface area contributed by atoms with Gasteiger partial charge in [-0.25, -0.2) is 0 Å². The van der Waals surface area contributed by atoms with Crippen LogP contribution in [0.4, 0.5) is 0 Å². The number of unbranched alkanes of at least 4 members (excludes halogenated alkanes) is 10. The molecule has 0 unspecified atom stereocenters. The van der Waals surface area contributed by atoms with Crippen molar-refractivity contribution < 1.29 is 0 Å². The number of halogens is 1. The summed E-state index contributed by atoms with van der Waals surface area (Å²) < 4.78 is 0. The van der Waals surface area contributed by atoms with E-state index in [1.165, 1.54) is 98.4 Å². The molecule has 1 aliphatic rings. The molecule has 3 rings (SSSR count). The van der Waals surface area contributed by atoms with Gasteiger partial charge in [-0.05, 0) is 40.7 Å². The molecule has 0 nitrogen and oxygen atoms in total. The summed E-state index contributed by atoms with van der Waals surface area (Å²) in [5.41, 5.74) is 6.83. The smallest absolute Gasteiger partial charge is 0.0479 e. The molecule has 0 bridgehead atoms. The summed E-state index contributed by atoms with van der Waals surface area (Å²) in [4.78, 5) is 0. The van der Waals surface area contributed by atoms with Crippen LogP contribution >= 0.6 is 11.6 Å². The molecule has 2 aromatic carbocycles. The highest BCUT2D eigenvalue weighted by atomic mass is 35.5. The minimum absolute atomic E-state index is 0.996. The van der Waals surface area contributed by atoms with Gasteiger partial charge >= 0.3 is 0 Å². The molecule has 0 aliphatic heterocycles. The Bertz CT molecular complexity index is 716. The van der Waals surface area contributed by atoms with Crippen molar-refractivity contribution in [3.8, 4) is 11.1 Å². The number of fused-ring (bicyclic) bond motifs is 3. The van der Waals surface area contributed by atoms with E-state index in [1.807, 2.05) is 0 Å². The fourth-order valence-electron chi connectivity index (χ4n) is 4.40. The van der Waals surface area contributed by atoms with Crippen LogP contribution in [-0.2, 0) is 12.8 Å². The fraction of sp³-hybridized carbons (Fsp3) is 0.538. The lowest BCUT2D eigenvalue weighted by molar-refractivity contribution is 0.549. The zero-order valence-corrected chi connectivity index (χ0v) is 17.8. The maximum atomic E-state index is 6.78. The Balaban J connectivity index is 1.35. The average Bonchev–Trinajstić information content (AvgIpc) is 3.07. The molecule has 0 N–H and O–H groups in total. The van der Waals surface area contributed by atoms with Crippen molar-refractivity contribution in [1.29, 1.82) is 0 Å². The molecule has 146 valence electrons. The Morgan fingerprint density at radius 3 is 2.04 bits per heavy atom. The second-order valence-electron chi connectivity index (χ2n) is 8.18. The van der Waals surface area contributed by atoms with Gasteiger partial charge in [0.2, 0.25) is 0 Å². The van der Waals surface area contributed by atoms with Gasteiger partial charge in [-0.2, -0.15) is 0 Å². The monoisotopic (exact) mass is 382 g/mol. The van der Waals surface area contributed by atoms with Gasteiger partial charge in [0.25, 0.3) is 0 Å². The predicted molar refractivity (Wildman–Crippen MR) is 120 cm³/mol. The third-order valence-electron chi connectivity index (χ3n) is 6.05. The first-order chi connectivity index (χ1) is 13.3. The van der Waals surface area contributed by atoms with Crippen molar-refractivity contribution in [2.24, 2.45) is 0 Å². The summed E-state index contributed by atoms with van der Waals surface area (Å²) in [6.45, 7) is 2.29. The quantitative estimate of drug-likeness (QED) is 0.274. The van der Waals surface area contributed by atoms with Gasteiger partial charge < -0.3 is 0 Å². The van der Waals surface area contributed by atoms with E-state index in [0.29, 0.717) is 0 Å². The minimum atomic E-state index is 0.996. The molecular formula is C26H35Cl. The Morgan fingerprint density at radius 2 is 1.33 bits per heavy atom. The largest absolute Gasteiger partial charge is 0.0837 e. The highest BCUT2D eigenvalue weighted by Crippen LogP contribution is 2.41. The van der Waals surface area contributed by atoms with E-state index in [1.54, 1.807) is 0 Å². The van der Waals surface area contributed by atoms with Crippen LogP contribution < -0.4 is 0 Å². The normalized spacial score (nSPS) is 12.2. The van der Waals surface area contributed by atoms with E-state index in [2.05, 4.69) is 43.3 Å². The zero-order chi connectivity index (χ0) is 18.9. The fourth-order valence-corrected chi connectivity index (χ4v) is 4.72. The van der Waals surface area contributed by atoms with Crippen molar-refractivity contribution in [3.63, 3.8) is 0 Å². The maximum absolute atomic E-state index is 6.78. The van der Waals surface area contributed by atoms with Gasteiger partial charge in [0, 0.05) is 11.4 Å². The van der Waals surface area contributed by atoms with Crippen LogP contribution in [0.25, 0.3) is 11.1 Å². The van der Waals surface area contributed by atoms with Crippen LogP contribution in [0, 0.1) is 0 Å². The van der Waals surface area contributed by atoms with Crippen molar-refractivity contribution in [2.45, 2.75) is 90.4 Å². The Kier molecular flexibility index (Phi) is 8.27. The molecule has 0 heterocycles. The van der Waals surface area contributed by atoms with Crippen molar-refractivity contribution in [3.05, 3.63) is 58.1 Å². The highest BCUT2D eigenvalue weighted by Gasteiger charge is 2.21. The third-order valence-corrected chi connectivity index (χ3v) is 6.52. The van der Waals surface area contributed by atoms with E-state index < -0.39 is 0 Å². The van der Waals surface area contributed by atoms with E-state index >= 15 is 0 Å². The lowest BCUT2D eigenvalue weighted by Gasteiger charge is -2.10. The summed E-state index contributed by atoms with van der Waals surface area (Å²) in [6.07, 6.45) is 17.4. The number of hydrogen-bond donors (Lipinski definition) is 0. The molecule has 1 heteroatoms. The molecular weight excluding hydrogens is 348 g/mol. The van der Waals surface area contributed by atoms with Gasteiger partial charge in [0.1, 0.15) is 0 Å². The lowest BCUT2D eigenvalue weighted by atomic mass is 9.99. The van der Waals surface area contributed by atoms with Gasteiger partial charge in [-0.15, -0.1) is 0 Å². The van der Waals surface area contributed by atoms with Crippen LogP contribution in [0.3, 0.4) is 0 Å². The summed E-state index contributed by atoms with van der Waals surface area (Å²) in [7, 11) is 0. The highest BCUT2D eigenvalue weighted by molar-refractivity contribution is 6.32. The van der Waals surface area contributed by atoms with Gasteiger partial charge in [0.15, 0.2) is 0 Å². The van der Waals surface area contributed by atoms with Crippen LogP contribution in [0.15, 0.2) is 36.4 Å². The summed E-state index contributed by atoms with van der Waals surface area (Å²) >= 11 is 6.78. The molecule has 0 amide bonds. The molecule has 0 saturated heterocycles. The number of rotatable bonds is 12. The Hall–Kier alpha value is -1.27. The molecule has 0 fully saturated rings. The lowest BCUT2D eigenvalue weighted by Crippen LogP contribution is -1.92. The second-order valence-corrected chi connectivity index (χ2v) is 8.56. The van der Waals surface area contributed by atoms with E-state index in [-0.39, 0.29) is 0 Å². The third kappa shape index (κ3) is 5.61. The predicted octanol–water partition coefficient (Wildman–Crippen LogP) is 8.76. The summed E-state index contributed by atoms with van der Waals surface area (Å²) in [5.74, 6) is 0.